The second-order valence-corrected chi connectivity index (χ2v) is 8.06. The SMILES string of the molecule is COc1ccc(C(CNC(=O)CCc2nnc(-c3ccccc3)o2)N2CCCCC2)cc1. The van der Waals surface area contributed by atoms with Crippen LogP contribution in [0.15, 0.2) is 59.0 Å². The lowest BCUT2D eigenvalue weighted by Gasteiger charge is -2.35. The second-order valence-electron chi connectivity index (χ2n) is 8.06. The molecule has 7 nitrogen and oxygen atoms in total. The van der Waals surface area contributed by atoms with E-state index in [-0.39, 0.29) is 11.9 Å². The van der Waals surface area contributed by atoms with Gasteiger partial charge in [-0.05, 0) is 55.8 Å². The standard InChI is InChI=1S/C25H30N4O3/c1-31-21-12-10-19(11-13-21)22(29-16-6-3-7-17-29)18-26-23(30)14-15-24-27-28-25(32-24)20-8-4-2-5-9-20/h2,4-5,8-13,22H,3,6-7,14-18H2,1H3,(H,26,30). The molecule has 0 spiro atoms. The first-order chi connectivity index (χ1) is 15.7. The number of hydrogen-bond donors (Lipinski definition) is 1. The number of ether oxygens (including phenoxy) is 1. The van der Waals surface area contributed by atoms with Crippen LogP contribution in [0.25, 0.3) is 11.5 Å². The molecule has 0 saturated carbocycles. The molecular formula is C25H30N4O3. The summed E-state index contributed by atoms with van der Waals surface area (Å²) in [6.07, 6.45) is 4.39. The van der Waals surface area contributed by atoms with Gasteiger partial charge in [0, 0.05) is 24.9 Å². The van der Waals surface area contributed by atoms with Gasteiger partial charge in [-0.15, -0.1) is 10.2 Å². The van der Waals surface area contributed by atoms with E-state index in [0.29, 0.717) is 31.2 Å². The molecule has 1 aromatic heterocycles. The van der Waals surface area contributed by atoms with E-state index in [0.717, 1.165) is 24.4 Å². The van der Waals surface area contributed by atoms with Crippen LogP contribution >= 0.6 is 0 Å². The Labute approximate surface area is 188 Å². The normalized spacial score (nSPS) is 15.3. The Bertz CT molecular complexity index is 982. The number of carbonyl (C=O) groups is 1. The van der Waals surface area contributed by atoms with Gasteiger partial charge in [0.1, 0.15) is 5.75 Å². The van der Waals surface area contributed by atoms with Crippen LogP contribution < -0.4 is 10.1 Å². The van der Waals surface area contributed by atoms with E-state index in [9.17, 15) is 4.79 Å². The second kappa shape index (κ2) is 10.9. The molecule has 7 heteroatoms. The number of nitrogens with zero attached hydrogens (tertiary/aromatic N) is 3. The average Bonchev–Trinajstić information content (AvgIpc) is 3.34. The van der Waals surface area contributed by atoms with Gasteiger partial charge in [-0.2, -0.15) is 0 Å². The van der Waals surface area contributed by atoms with Crippen molar-refractivity contribution in [1.82, 2.24) is 20.4 Å². The van der Waals surface area contributed by atoms with E-state index in [1.54, 1.807) is 7.11 Å². The van der Waals surface area contributed by atoms with Crippen molar-refractivity contribution < 1.29 is 13.9 Å². The van der Waals surface area contributed by atoms with Crippen molar-refractivity contribution in [3.63, 3.8) is 0 Å². The van der Waals surface area contributed by atoms with Crippen LogP contribution in [-0.4, -0.2) is 47.7 Å². The Balaban J connectivity index is 1.33. The predicted molar refractivity (Wildman–Crippen MR) is 122 cm³/mol. The summed E-state index contributed by atoms with van der Waals surface area (Å²) in [6.45, 7) is 2.68. The number of hydrogen-bond acceptors (Lipinski definition) is 6. The van der Waals surface area contributed by atoms with Crippen LogP contribution in [0.2, 0.25) is 0 Å². The maximum absolute atomic E-state index is 12.6. The van der Waals surface area contributed by atoms with Crippen molar-refractivity contribution in [2.24, 2.45) is 0 Å². The number of nitrogens with one attached hydrogen (secondary N) is 1. The maximum atomic E-state index is 12.6. The first-order valence-electron chi connectivity index (χ1n) is 11.3. The van der Waals surface area contributed by atoms with Crippen LogP contribution in [-0.2, 0) is 11.2 Å². The number of carbonyl (C=O) groups excluding carboxylic acids is 1. The number of methoxy groups -OCH3 is 1. The number of amides is 1. The van der Waals surface area contributed by atoms with Gasteiger partial charge in [0.2, 0.25) is 17.7 Å². The maximum Gasteiger partial charge on any atom is 0.247 e. The number of aromatic nitrogens is 2. The zero-order valence-electron chi connectivity index (χ0n) is 18.5. The van der Waals surface area contributed by atoms with E-state index < -0.39 is 0 Å². The van der Waals surface area contributed by atoms with Gasteiger partial charge >= 0.3 is 0 Å². The van der Waals surface area contributed by atoms with Gasteiger partial charge in [0.25, 0.3) is 0 Å². The highest BCUT2D eigenvalue weighted by Crippen LogP contribution is 2.26. The van der Waals surface area contributed by atoms with Crippen LogP contribution in [0, 0.1) is 0 Å². The van der Waals surface area contributed by atoms with Crippen LogP contribution in [0.4, 0.5) is 0 Å². The van der Waals surface area contributed by atoms with Crippen molar-refractivity contribution in [3.05, 3.63) is 66.1 Å². The number of benzene rings is 2. The van der Waals surface area contributed by atoms with Crippen LogP contribution in [0.3, 0.4) is 0 Å². The van der Waals surface area contributed by atoms with Crippen molar-refractivity contribution in [1.29, 1.82) is 0 Å². The average molecular weight is 435 g/mol. The molecule has 2 heterocycles. The van der Waals surface area contributed by atoms with E-state index in [4.69, 9.17) is 9.15 Å². The monoisotopic (exact) mass is 434 g/mol. The molecule has 1 atom stereocenters. The summed E-state index contributed by atoms with van der Waals surface area (Å²) < 4.78 is 11.0. The summed E-state index contributed by atoms with van der Waals surface area (Å²) in [5.41, 5.74) is 2.07. The van der Waals surface area contributed by atoms with Crippen molar-refractivity contribution in [3.8, 4) is 17.2 Å². The van der Waals surface area contributed by atoms with Gasteiger partial charge in [0.05, 0.1) is 13.2 Å². The molecule has 1 unspecified atom stereocenters. The molecule has 2 aromatic carbocycles. The first kappa shape index (κ1) is 22.0. The molecule has 0 radical (unpaired) electrons. The molecule has 1 N–H and O–H groups in total. The Morgan fingerprint density at radius 1 is 1.06 bits per heavy atom. The number of rotatable bonds is 9. The zero-order valence-corrected chi connectivity index (χ0v) is 18.5. The summed E-state index contributed by atoms with van der Waals surface area (Å²) in [7, 11) is 1.67. The minimum Gasteiger partial charge on any atom is -0.497 e. The summed E-state index contributed by atoms with van der Waals surface area (Å²) in [5, 5.41) is 11.3. The number of piperidine rings is 1. The van der Waals surface area contributed by atoms with Gasteiger partial charge in [-0.3, -0.25) is 9.69 Å². The summed E-state index contributed by atoms with van der Waals surface area (Å²) >= 11 is 0. The van der Waals surface area contributed by atoms with Gasteiger partial charge in [-0.1, -0.05) is 36.8 Å². The molecule has 1 aliphatic rings. The topological polar surface area (TPSA) is 80.5 Å². The predicted octanol–water partition coefficient (Wildman–Crippen LogP) is 4.02. The lowest BCUT2D eigenvalue weighted by Crippen LogP contribution is -2.40. The molecule has 4 rings (SSSR count). The zero-order chi connectivity index (χ0) is 22.2. The number of likely N-dealkylation sites (tertiary alicyclic amines) is 1. The lowest BCUT2D eigenvalue weighted by molar-refractivity contribution is -0.121. The van der Waals surface area contributed by atoms with E-state index >= 15 is 0 Å². The minimum atomic E-state index is -0.0139. The fraction of sp³-hybridized carbons (Fsp3) is 0.400. The molecule has 0 bridgehead atoms. The highest BCUT2D eigenvalue weighted by Gasteiger charge is 2.23. The van der Waals surface area contributed by atoms with Crippen LogP contribution in [0.5, 0.6) is 5.75 Å². The van der Waals surface area contributed by atoms with Crippen molar-refractivity contribution in [2.45, 2.75) is 38.1 Å². The van der Waals surface area contributed by atoms with E-state index in [2.05, 4.69) is 32.5 Å². The van der Waals surface area contributed by atoms with E-state index in [1.165, 1.54) is 24.8 Å². The quantitative estimate of drug-likeness (QED) is 0.548. The van der Waals surface area contributed by atoms with Crippen molar-refractivity contribution in [2.75, 3.05) is 26.7 Å². The minimum absolute atomic E-state index is 0.0139. The first-order valence-corrected chi connectivity index (χ1v) is 11.3. The summed E-state index contributed by atoms with van der Waals surface area (Å²) in [5.74, 6) is 1.78. The third-order valence-corrected chi connectivity index (χ3v) is 5.88. The molecule has 168 valence electrons. The molecule has 1 saturated heterocycles. The fourth-order valence-corrected chi connectivity index (χ4v) is 4.09. The van der Waals surface area contributed by atoms with Crippen molar-refractivity contribution >= 4 is 5.91 Å². The van der Waals surface area contributed by atoms with Gasteiger partial charge < -0.3 is 14.5 Å². The van der Waals surface area contributed by atoms with Crippen LogP contribution in [0.1, 0.15) is 43.2 Å². The van der Waals surface area contributed by atoms with Gasteiger partial charge in [-0.25, -0.2) is 0 Å². The highest BCUT2D eigenvalue weighted by atomic mass is 16.5. The molecule has 32 heavy (non-hydrogen) atoms. The Morgan fingerprint density at radius 3 is 2.53 bits per heavy atom. The highest BCUT2D eigenvalue weighted by molar-refractivity contribution is 5.76. The number of aryl methyl sites for hydroxylation is 1. The summed E-state index contributed by atoms with van der Waals surface area (Å²) in [4.78, 5) is 15.0. The molecule has 3 aromatic rings. The summed E-state index contributed by atoms with van der Waals surface area (Å²) in [6, 6.07) is 17.9. The van der Waals surface area contributed by atoms with Gasteiger partial charge in [0.15, 0.2) is 0 Å². The Kier molecular flexibility index (Phi) is 7.51. The third-order valence-electron chi connectivity index (χ3n) is 5.88. The molecule has 1 fully saturated rings. The van der Waals surface area contributed by atoms with E-state index in [1.807, 2.05) is 42.5 Å². The lowest BCUT2D eigenvalue weighted by atomic mass is 10.0. The third kappa shape index (κ3) is 5.73. The Hall–Kier alpha value is -3.19. The largest absolute Gasteiger partial charge is 0.497 e. The smallest absolute Gasteiger partial charge is 0.247 e. The molecule has 0 aliphatic carbocycles. The Morgan fingerprint density at radius 2 is 1.81 bits per heavy atom. The molecule has 1 aliphatic heterocycles. The fourth-order valence-electron chi connectivity index (χ4n) is 4.09. The molecular weight excluding hydrogens is 404 g/mol. The molecule has 1 amide bonds.